The molecule has 25 heavy (non-hydrogen) atoms. The number of benzene rings is 2. The summed E-state index contributed by atoms with van der Waals surface area (Å²) in [5, 5.41) is 10.6. The number of carbonyl (C=O) groups is 1. The quantitative estimate of drug-likeness (QED) is 0.533. The maximum Gasteiger partial charge on any atom is 0.438 e. The third-order valence-corrected chi connectivity index (χ3v) is 4.60. The minimum Gasteiger partial charge on any atom is -0.488 e. The maximum absolute atomic E-state index is 11.7. The molecule has 1 N–H and O–H groups in total. The first-order valence-corrected chi connectivity index (χ1v) is 8.90. The van der Waals surface area contributed by atoms with Crippen LogP contribution in [0.15, 0.2) is 40.9 Å². The summed E-state index contributed by atoms with van der Waals surface area (Å²) in [6.45, 7) is 4.32. The van der Waals surface area contributed by atoms with Crippen LogP contribution in [-0.4, -0.2) is 18.4 Å². The van der Waals surface area contributed by atoms with Crippen molar-refractivity contribution in [1.29, 1.82) is 0 Å². The monoisotopic (exact) mass is 407 g/mol. The number of amides is 1. The van der Waals surface area contributed by atoms with E-state index in [1.54, 1.807) is 12.1 Å². The zero-order chi connectivity index (χ0) is 18.4. The van der Waals surface area contributed by atoms with Gasteiger partial charge in [-0.3, -0.25) is 5.21 Å². The minimum absolute atomic E-state index is 0.220. The molecule has 0 aliphatic heterocycles. The zero-order valence-corrected chi connectivity index (χ0v) is 16.2. The van der Waals surface area contributed by atoms with Crippen molar-refractivity contribution >= 4 is 27.7 Å². The fourth-order valence-electron chi connectivity index (χ4n) is 2.53. The Bertz CT molecular complexity index is 748. The lowest BCUT2D eigenvalue weighted by Crippen LogP contribution is -2.28. The highest BCUT2D eigenvalue weighted by atomic mass is 79.9. The molecule has 0 unspecified atom stereocenters. The second-order valence-corrected chi connectivity index (χ2v) is 6.31. The van der Waals surface area contributed by atoms with Gasteiger partial charge in [-0.1, -0.05) is 32.0 Å². The predicted molar refractivity (Wildman–Crippen MR) is 100 cm³/mol. The lowest BCUT2D eigenvalue weighted by atomic mass is 10.0. The SMILES string of the molecule is CCc1ccc(OCc2c(CC)cccc2N(O)C(=O)OC)c(Br)c1. The van der Waals surface area contributed by atoms with Gasteiger partial charge in [0, 0.05) is 5.56 Å². The van der Waals surface area contributed by atoms with Crippen LogP contribution in [0.25, 0.3) is 0 Å². The van der Waals surface area contributed by atoms with E-state index in [-0.39, 0.29) is 6.61 Å². The average Bonchev–Trinajstić information content (AvgIpc) is 2.65. The molecule has 0 atom stereocenters. The number of hydroxylamine groups is 1. The van der Waals surface area contributed by atoms with Crippen molar-refractivity contribution in [2.75, 3.05) is 12.2 Å². The van der Waals surface area contributed by atoms with Crippen molar-refractivity contribution in [2.45, 2.75) is 33.3 Å². The van der Waals surface area contributed by atoms with E-state index in [0.717, 1.165) is 28.4 Å². The molecule has 2 aromatic carbocycles. The normalized spacial score (nSPS) is 10.4. The lowest BCUT2D eigenvalue weighted by Gasteiger charge is -2.20. The number of methoxy groups -OCH3 is 1. The minimum atomic E-state index is -0.844. The zero-order valence-electron chi connectivity index (χ0n) is 14.6. The Morgan fingerprint density at radius 3 is 2.56 bits per heavy atom. The van der Waals surface area contributed by atoms with Crippen LogP contribution in [0.3, 0.4) is 0 Å². The first kappa shape index (κ1) is 19.3. The summed E-state index contributed by atoms with van der Waals surface area (Å²) in [5.74, 6) is 0.705. The van der Waals surface area contributed by atoms with Crippen LogP contribution < -0.4 is 9.80 Å². The Balaban J connectivity index is 2.30. The molecule has 0 saturated heterocycles. The molecule has 0 aliphatic carbocycles. The van der Waals surface area contributed by atoms with Crippen molar-refractivity contribution in [3.63, 3.8) is 0 Å². The summed E-state index contributed by atoms with van der Waals surface area (Å²) in [6, 6.07) is 11.3. The molecule has 134 valence electrons. The standard InChI is InChI=1S/C19H22BrNO4/c1-4-13-9-10-18(16(20)11-13)25-12-15-14(5-2)7-6-8-17(15)21(23)19(22)24-3/h6-11,23H,4-5,12H2,1-3H3. The summed E-state index contributed by atoms with van der Waals surface area (Å²) in [6.07, 6.45) is 0.848. The van der Waals surface area contributed by atoms with Gasteiger partial charge in [-0.25, -0.2) is 4.79 Å². The van der Waals surface area contributed by atoms with E-state index < -0.39 is 6.09 Å². The van der Waals surface area contributed by atoms with Gasteiger partial charge in [0.05, 0.1) is 17.3 Å². The number of anilines is 1. The third kappa shape index (κ3) is 4.52. The van der Waals surface area contributed by atoms with Gasteiger partial charge < -0.3 is 9.47 Å². The Labute approximate surface area is 156 Å². The lowest BCUT2D eigenvalue weighted by molar-refractivity contribution is 0.140. The number of ether oxygens (including phenoxy) is 2. The van der Waals surface area contributed by atoms with Gasteiger partial charge >= 0.3 is 6.09 Å². The molecule has 2 rings (SSSR count). The molecule has 0 spiro atoms. The molecule has 1 amide bonds. The number of carbonyl (C=O) groups excluding carboxylic acids is 1. The summed E-state index contributed by atoms with van der Waals surface area (Å²) in [4.78, 5) is 11.7. The smallest absolute Gasteiger partial charge is 0.438 e. The molecular weight excluding hydrogens is 386 g/mol. The third-order valence-electron chi connectivity index (χ3n) is 3.98. The van der Waals surface area contributed by atoms with Crippen LogP contribution in [0.5, 0.6) is 5.75 Å². The van der Waals surface area contributed by atoms with E-state index in [1.165, 1.54) is 12.7 Å². The average molecular weight is 408 g/mol. The molecule has 0 aliphatic rings. The number of hydrogen-bond donors (Lipinski definition) is 1. The van der Waals surface area contributed by atoms with Gasteiger partial charge in [0.15, 0.2) is 0 Å². The topological polar surface area (TPSA) is 59.0 Å². The Hall–Kier alpha value is -2.05. The Morgan fingerprint density at radius 1 is 1.20 bits per heavy atom. The predicted octanol–water partition coefficient (Wildman–Crippen LogP) is 5.11. The molecule has 0 aromatic heterocycles. The highest BCUT2D eigenvalue weighted by Gasteiger charge is 2.19. The van der Waals surface area contributed by atoms with Gasteiger partial charge in [0.1, 0.15) is 12.4 Å². The summed E-state index contributed by atoms with van der Waals surface area (Å²) >= 11 is 3.52. The molecule has 5 nitrogen and oxygen atoms in total. The van der Waals surface area contributed by atoms with Crippen molar-refractivity contribution < 1.29 is 19.5 Å². The highest BCUT2D eigenvalue weighted by molar-refractivity contribution is 9.10. The van der Waals surface area contributed by atoms with Crippen molar-refractivity contribution in [3.05, 3.63) is 57.6 Å². The van der Waals surface area contributed by atoms with Crippen molar-refractivity contribution in [3.8, 4) is 5.75 Å². The first-order chi connectivity index (χ1) is 12.0. The van der Waals surface area contributed by atoms with Crippen LogP contribution in [0, 0.1) is 0 Å². The van der Waals surface area contributed by atoms with E-state index >= 15 is 0 Å². The number of nitrogens with zero attached hydrogens (tertiary/aromatic N) is 1. The van der Waals surface area contributed by atoms with Gasteiger partial charge in [-0.05, 0) is 58.1 Å². The largest absolute Gasteiger partial charge is 0.488 e. The molecule has 0 saturated carbocycles. The van der Waals surface area contributed by atoms with Crippen LogP contribution in [0.1, 0.15) is 30.5 Å². The summed E-state index contributed by atoms with van der Waals surface area (Å²) in [7, 11) is 1.22. The van der Waals surface area contributed by atoms with E-state index in [0.29, 0.717) is 16.5 Å². The van der Waals surface area contributed by atoms with E-state index in [4.69, 9.17) is 4.74 Å². The van der Waals surface area contributed by atoms with Gasteiger partial charge in [0.25, 0.3) is 0 Å². The second-order valence-electron chi connectivity index (χ2n) is 5.46. The molecule has 6 heteroatoms. The van der Waals surface area contributed by atoms with Crippen LogP contribution in [0.4, 0.5) is 10.5 Å². The molecule has 0 fully saturated rings. The fraction of sp³-hybridized carbons (Fsp3) is 0.316. The van der Waals surface area contributed by atoms with E-state index in [9.17, 15) is 10.0 Å². The van der Waals surface area contributed by atoms with Crippen LogP contribution in [-0.2, 0) is 24.2 Å². The highest BCUT2D eigenvalue weighted by Crippen LogP contribution is 2.30. The Morgan fingerprint density at radius 2 is 1.96 bits per heavy atom. The van der Waals surface area contributed by atoms with Gasteiger partial charge in [-0.15, -0.1) is 0 Å². The summed E-state index contributed by atoms with van der Waals surface area (Å²) in [5.41, 5.74) is 3.29. The number of halogens is 1. The molecule has 0 radical (unpaired) electrons. The number of hydrogen-bond acceptors (Lipinski definition) is 4. The van der Waals surface area contributed by atoms with E-state index in [1.807, 2.05) is 31.2 Å². The van der Waals surface area contributed by atoms with Crippen molar-refractivity contribution in [1.82, 2.24) is 0 Å². The maximum atomic E-state index is 11.7. The first-order valence-electron chi connectivity index (χ1n) is 8.10. The second kappa shape index (κ2) is 8.87. The number of rotatable bonds is 6. The van der Waals surface area contributed by atoms with Gasteiger partial charge in [-0.2, -0.15) is 5.06 Å². The molecule has 0 heterocycles. The van der Waals surface area contributed by atoms with Gasteiger partial charge in [0.2, 0.25) is 0 Å². The molecule has 2 aromatic rings. The fourth-order valence-corrected chi connectivity index (χ4v) is 3.07. The van der Waals surface area contributed by atoms with Crippen LogP contribution >= 0.6 is 15.9 Å². The Kier molecular flexibility index (Phi) is 6.84. The number of aryl methyl sites for hydroxylation is 2. The molecule has 0 bridgehead atoms. The van der Waals surface area contributed by atoms with E-state index in [2.05, 4.69) is 27.6 Å². The van der Waals surface area contributed by atoms with Crippen molar-refractivity contribution in [2.24, 2.45) is 0 Å². The molecular formula is C19H22BrNO4. The van der Waals surface area contributed by atoms with Crippen LogP contribution in [0.2, 0.25) is 0 Å². The summed E-state index contributed by atoms with van der Waals surface area (Å²) < 4.78 is 11.4.